The van der Waals surface area contributed by atoms with Crippen LogP contribution < -0.4 is 0 Å². The number of carboxylic acids is 1. The predicted octanol–water partition coefficient (Wildman–Crippen LogP) is 3.46. The Hall–Kier alpha value is -2.87. The van der Waals surface area contributed by atoms with Gasteiger partial charge in [-0.3, -0.25) is 10.1 Å². The zero-order valence-corrected chi connectivity index (χ0v) is 12.5. The van der Waals surface area contributed by atoms with Gasteiger partial charge in [0.25, 0.3) is 5.69 Å². The number of H-pyrrole nitrogens is 1. The van der Waals surface area contributed by atoms with Crippen molar-refractivity contribution in [3.8, 4) is 0 Å². The first-order chi connectivity index (χ1) is 11.0. The minimum absolute atomic E-state index is 0.0590. The van der Waals surface area contributed by atoms with Gasteiger partial charge in [-0.15, -0.1) is 0 Å². The van der Waals surface area contributed by atoms with Gasteiger partial charge in [0, 0.05) is 17.9 Å². The van der Waals surface area contributed by atoms with Crippen LogP contribution in [0.2, 0.25) is 0 Å². The van der Waals surface area contributed by atoms with Gasteiger partial charge in [-0.1, -0.05) is 23.9 Å². The molecule has 1 aromatic heterocycles. The molecule has 3 rings (SSSR count). The van der Waals surface area contributed by atoms with E-state index in [9.17, 15) is 14.9 Å². The Morgan fingerprint density at radius 1 is 1.26 bits per heavy atom. The maximum absolute atomic E-state index is 11.0. The molecular formula is C15H11N3O4S. The van der Waals surface area contributed by atoms with Crippen molar-refractivity contribution in [3.63, 3.8) is 0 Å². The fourth-order valence-corrected chi connectivity index (χ4v) is 2.89. The van der Waals surface area contributed by atoms with Gasteiger partial charge in [0.2, 0.25) is 0 Å². The first-order valence-corrected chi connectivity index (χ1v) is 7.61. The number of hydrogen-bond donors (Lipinski definition) is 2. The van der Waals surface area contributed by atoms with Crippen molar-refractivity contribution < 1.29 is 14.8 Å². The molecule has 0 radical (unpaired) electrons. The van der Waals surface area contributed by atoms with Crippen molar-refractivity contribution in [2.45, 2.75) is 10.9 Å². The van der Waals surface area contributed by atoms with Crippen molar-refractivity contribution in [2.24, 2.45) is 0 Å². The van der Waals surface area contributed by atoms with Gasteiger partial charge in [-0.2, -0.15) is 0 Å². The molecule has 3 aromatic rings. The molecule has 0 bridgehead atoms. The molecule has 0 aliphatic heterocycles. The molecule has 0 amide bonds. The molecule has 0 atom stereocenters. The van der Waals surface area contributed by atoms with E-state index in [4.69, 9.17) is 5.11 Å². The summed E-state index contributed by atoms with van der Waals surface area (Å²) in [5.74, 6) is -0.384. The van der Waals surface area contributed by atoms with Crippen LogP contribution in [0.15, 0.2) is 47.6 Å². The fraction of sp³-hybridized carbons (Fsp3) is 0.0667. The number of nitro groups is 1. The van der Waals surface area contributed by atoms with Gasteiger partial charge < -0.3 is 10.1 Å². The lowest BCUT2D eigenvalue weighted by Crippen LogP contribution is -1.94. The summed E-state index contributed by atoms with van der Waals surface area (Å²) < 4.78 is 0. The first kappa shape index (κ1) is 15.0. The van der Waals surface area contributed by atoms with E-state index in [-0.39, 0.29) is 11.3 Å². The van der Waals surface area contributed by atoms with Gasteiger partial charge in [-0.25, -0.2) is 9.78 Å². The quantitative estimate of drug-likeness (QED) is 0.421. The Morgan fingerprint density at radius 2 is 2.00 bits per heavy atom. The Bertz CT molecular complexity index is 889. The molecule has 8 heteroatoms. The van der Waals surface area contributed by atoms with Gasteiger partial charge >= 0.3 is 5.97 Å². The minimum atomic E-state index is -0.985. The highest BCUT2D eigenvalue weighted by molar-refractivity contribution is 7.98. The number of aromatic amines is 1. The van der Waals surface area contributed by atoms with Crippen LogP contribution in [0.1, 0.15) is 15.9 Å². The second kappa shape index (κ2) is 6.09. The van der Waals surface area contributed by atoms with Gasteiger partial charge in [0.1, 0.15) is 0 Å². The third-order valence-corrected chi connectivity index (χ3v) is 4.17. The number of thioether (sulfide) groups is 1. The average molecular weight is 329 g/mol. The summed E-state index contributed by atoms with van der Waals surface area (Å²) in [4.78, 5) is 28.6. The largest absolute Gasteiger partial charge is 0.478 e. The molecule has 0 saturated carbocycles. The Labute approximate surface area is 134 Å². The van der Waals surface area contributed by atoms with Crippen LogP contribution in [-0.2, 0) is 5.75 Å². The molecular weight excluding hydrogens is 318 g/mol. The van der Waals surface area contributed by atoms with E-state index in [0.717, 1.165) is 5.56 Å². The number of rotatable bonds is 5. The lowest BCUT2D eigenvalue weighted by atomic mass is 10.2. The molecule has 7 nitrogen and oxygen atoms in total. The Kier molecular flexibility index (Phi) is 3.98. The van der Waals surface area contributed by atoms with Crippen LogP contribution in [0.25, 0.3) is 11.0 Å². The number of non-ortho nitro benzene ring substituents is 1. The summed E-state index contributed by atoms with van der Waals surface area (Å²) >= 11 is 1.44. The summed E-state index contributed by atoms with van der Waals surface area (Å²) in [6, 6.07) is 11.1. The third-order valence-electron chi connectivity index (χ3n) is 3.23. The number of carboxylic acid groups (broad SMARTS) is 1. The van der Waals surface area contributed by atoms with Crippen molar-refractivity contribution in [1.29, 1.82) is 0 Å². The molecule has 23 heavy (non-hydrogen) atoms. The normalized spacial score (nSPS) is 10.8. The summed E-state index contributed by atoms with van der Waals surface area (Å²) in [6.07, 6.45) is 0. The van der Waals surface area contributed by atoms with E-state index in [1.807, 2.05) is 0 Å². The molecule has 0 unspecified atom stereocenters. The highest BCUT2D eigenvalue weighted by Crippen LogP contribution is 2.24. The lowest BCUT2D eigenvalue weighted by Gasteiger charge is -1.98. The van der Waals surface area contributed by atoms with E-state index >= 15 is 0 Å². The van der Waals surface area contributed by atoms with Gasteiger partial charge in [0.15, 0.2) is 5.16 Å². The number of nitro benzene ring substituents is 1. The number of imidazole rings is 1. The minimum Gasteiger partial charge on any atom is -0.478 e. The zero-order chi connectivity index (χ0) is 16.4. The summed E-state index contributed by atoms with van der Waals surface area (Å²) in [7, 11) is 0. The number of aromatic carboxylic acids is 1. The molecule has 116 valence electrons. The molecule has 0 aliphatic rings. The molecule has 1 heterocycles. The van der Waals surface area contributed by atoms with E-state index in [1.165, 1.54) is 30.0 Å². The number of hydrogen-bond acceptors (Lipinski definition) is 5. The molecule has 0 saturated heterocycles. The number of carbonyl (C=O) groups is 1. The number of nitrogens with zero attached hydrogens (tertiary/aromatic N) is 2. The van der Waals surface area contributed by atoms with Crippen molar-refractivity contribution in [1.82, 2.24) is 9.97 Å². The summed E-state index contributed by atoms with van der Waals surface area (Å²) in [5.41, 5.74) is 2.56. The lowest BCUT2D eigenvalue weighted by molar-refractivity contribution is -0.384. The molecule has 0 spiro atoms. The SMILES string of the molecule is O=C(O)c1ccc2nc(SCc3ccc([N+](=O)[O-])cc3)[nH]c2c1. The van der Waals surface area contributed by atoms with Crippen LogP contribution in [0.3, 0.4) is 0 Å². The number of fused-ring (bicyclic) bond motifs is 1. The number of aromatic nitrogens is 2. The highest BCUT2D eigenvalue weighted by atomic mass is 32.2. The van der Waals surface area contributed by atoms with Crippen LogP contribution in [0.5, 0.6) is 0 Å². The third kappa shape index (κ3) is 3.32. The molecule has 2 N–H and O–H groups in total. The van der Waals surface area contributed by atoms with Crippen LogP contribution in [0.4, 0.5) is 5.69 Å². The highest BCUT2D eigenvalue weighted by Gasteiger charge is 2.09. The van der Waals surface area contributed by atoms with Gasteiger partial charge in [-0.05, 0) is 23.8 Å². The van der Waals surface area contributed by atoms with E-state index in [2.05, 4.69) is 9.97 Å². The molecule has 2 aromatic carbocycles. The van der Waals surface area contributed by atoms with Crippen LogP contribution in [-0.4, -0.2) is 26.0 Å². The zero-order valence-electron chi connectivity index (χ0n) is 11.7. The van der Waals surface area contributed by atoms with Crippen molar-refractivity contribution in [3.05, 3.63) is 63.7 Å². The first-order valence-electron chi connectivity index (χ1n) is 6.62. The summed E-state index contributed by atoms with van der Waals surface area (Å²) in [6.45, 7) is 0. The maximum Gasteiger partial charge on any atom is 0.335 e. The molecule has 0 fully saturated rings. The predicted molar refractivity (Wildman–Crippen MR) is 85.7 cm³/mol. The number of benzene rings is 2. The van der Waals surface area contributed by atoms with Crippen LogP contribution >= 0.6 is 11.8 Å². The monoisotopic (exact) mass is 329 g/mol. The van der Waals surface area contributed by atoms with Crippen molar-refractivity contribution in [2.75, 3.05) is 0 Å². The standard InChI is InChI=1S/C15H11N3O4S/c19-14(20)10-3-6-12-13(7-10)17-15(16-12)23-8-9-1-4-11(5-2-9)18(21)22/h1-7H,8H2,(H,16,17)(H,19,20). The fourth-order valence-electron chi connectivity index (χ4n) is 2.05. The molecule has 0 aliphatic carbocycles. The Balaban J connectivity index is 1.74. The van der Waals surface area contributed by atoms with Crippen molar-refractivity contribution >= 4 is 34.5 Å². The second-order valence-electron chi connectivity index (χ2n) is 4.79. The number of nitrogens with one attached hydrogen (secondary N) is 1. The van der Waals surface area contributed by atoms with E-state index < -0.39 is 10.9 Å². The van der Waals surface area contributed by atoms with E-state index in [0.29, 0.717) is 21.9 Å². The average Bonchev–Trinajstić information content (AvgIpc) is 2.95. The smallest absolute Gasteiger partial charge is 0.335 e. The second-order valence-corrected chi connectivity index (χ2v) is 5.76. The Morgan fingerprint density at radius 3 is 2.65 bits per heavy atom. The summed E-state index contributed by atoms with van der Waals surface area (Å²) in [5, 5.41) is 20.3. The van der Waals surface area contributed by atoms with Crippen LogP contribution in [0, 0.1) is 10.1 Å². The van der Waals surface area contributed by atoms with Gasteiger partial charge in [0.05, 0.1) is 21.5 Å². The maximum atomic E-state index is 11.0. The topological polar surface area (TPSA) is 109 Å². The van der Waals surface area contributed by atoms with E-state index in [1.54, 1.807) is 24.3 Å².